The lowest BCUT2D eigenvalue weighted by atomic mass is 9.63. The second kappa shape index (κ2) is 6.29. The first-order chi connectivity index (χ1) is 9.03. The highest BCUT2D eigenvalue weighted by molar-refractivity contribution is 5.23. The topological polar surface area (TPSA) is 0 Å². The molecule has 19 heavy (non-hydrogen) atoms. The lowest BCUT2D eigenvalue weighted by molar-refractivity contribution is 0.125. The SMILES string of the molecule is CCC1(CC2=CC=C(CC(C)C)CC(C)C2)CCC1. The summed E-state index contributed by atoms with van der Waals surface area (Å²) in [6.45, 7) is 9.50. The van der Waals surface area contributed by atoms with Gasteiger partial charge in [0.25, 0.3) is 0 Å². The van der Waals surface area contributed by atoms with Gasteiger partial charge in [-0.05, 0) is 55.8 Å². The van der Waals surface area contributed by atoms with Crippen molar-refractivity contribution in [2.45, 2.75) is 79.1 Å². The van der Waals surface area contributed by atoms with Gasteiger partial charge in [-0.3, -0.25) is 0 Å². The third-order valence-corrected chi connectivity index (χ3v) is 5.21. The molecule has 1 unspecified atom stereocenters. The van der Waals surface area contributed by atoms with Crippen molar-refractivity contribution in [3.05, 3.63) is 23.3 Å². The molecular formula is C19H32. The predicted molar refractivity (Wildman–Crippen MR) is 85.2 cm³/mol. The predicted octanol–water partition coefficient (Wildman–Crippen LogP) is 6.29. The van der Waals surface area contributed by atoms with Gasteiger partial charge >= 0.3 is 0 Å². The minimum absolute atomic E-state index is 0.682. The van der Waals surface area contributed by atoms with Gasteiger partial charge in [0.15, 0.2) is 0 Å². The Morgan fingerprint density at radius 2 is 1.79 bits per heavy atom. The molecule has 0 aromatic rings. The van der Waals surface area contributed by atoms with Crippen LogP contribution in [-0.2, 0) is 0 Å². The molecule has 2 rings (SSSR count). The standard InChI is InChI=1S/C19H32/c1-5-19(9-6-10-19)14-18-8-7-17(11-15(2)3)12-16(4)13-18/h7-8,15-16H,5-6,9-14H2,1-4H3. The molecule has 1 fully saturated rings. The molecule has 1 saturated carbocycles. The monoisotopic (exact) mass is 260 g/mol. The highest BCUT2D eigenvalue weighted by Gasteiger charge is 2.35. The molecule has 108 valence electrons. The molecule has 0 bridgehead atoms. The van der Waals surface area contributed by atoms with E-state index < -0.39 is 0 Å². The molecule has 0 radical (unpaired) electrons. The lowest BCUT2D eigenvalue weighted by Crippen LogP contribution is -2.29. The first-order valence-electron chi connectivity index (χ1n) is 8.40. The number of hydrogen-bond acceptors (Lipinski definition) is 0. The summed E-state index contributed by atoms with van der Waals surface area (Å²) in [6.07, 6.45) is 16.0. The molecule has 0 aromatic carbocycles. The van der Waals surface area contributed by atoms with E-state index in [1.165, 1.54) is 51.4 Å². The van der Waals surface area contributed by atoms with Crippen LogP contribution in [0.25, 0.3) is 0 Å². The van der Waals surface area contributed by atoms with Gasteiger partial charge in [0.1, 0.15) is 0 Å². The fourth-order valence-corrected chi connectivity index (χ4v) is 3.96. The van der Waals surface area contributed by atoms with Crippen LogP contribution in [-0.4, -0.2) is 0 Å². The largest absolute Gasteiger partial charge is 0.0697 e. The third kappa shape index (κ3) is 3.97. The maximum absolute atomic E-state index is 2.48. The second-order valence-corrected chi connectivity index (χ2v) is 7.65. The zero-order chi connectivity index (χ0) is 13.9. The Morgan fingerprint density at radius 3 is 2.32 bits per heavy atom. The maximum atomic E-state index is 2.48. The summed E-state index contributed by atoms with van der Waals surface area (Å²) in [6, 6.07) is 0. The van der Waals surface area contributed by atoms with Crippen LogP contribution in [0.4, 0.5) is 0 Å². The Bertz CT molecular complexity index is 343. The summed E-state index contributed by atoms with van der Waals surface area (Å²) in [4.78, 5) is 0. The van der Waals surface area contributed by atoms with Crippen LogP contribution in [0.3, 0.4) is 0 Å². The average molecular weight is 260 g/mol. The minimum Gasteiger partial charge on any atom is -0.0697 e. The van der Waals surface area contributed by atoms with E-state index in [9.17, 15) is 0 Å². The molecule has 0 saturated heterocycles. The van der Waals surface area contributed by atoms with E-state index in [0.29, 0.717) is 5.41 Å². The van der Waals surface area contributed by atoms with Crippen LogP contribution < -0.4 is 0 Å². The highest BCUT2D eigenvalue weighted by atomic mass is 14.4. The highest BCUT2D eigenvalue weighted by Crippen LogP contribution is 2.49. The van der Waals surface area contributed by atoms with Crippen LogP contribution in [0, 0.1) is 17.3 Å². The van der Waals surface area contributed by atoms with Crippen molar-refractivity contribution in [2.24, 2.45) is 17.3 Å². The van der Waals surface area contributed by atoms with E-state index in [4.69, 9.17) is 0 Å². The maximum Gasteiger partial charge on any atom is -0.0260 e. The van der Waals surface area contributed by atoms with Crippen molar-refractivity contribution in [3.8, 4) is 0 Å². The van der Waals surface area contributed by atoms with Gasteiger partial charge in [-0.25, -0.2) is 0 Å². The van der Waals surface area contributed by atoms with E-state index in [0.717, 1.165) is 11.8 Å². The van der Waals surface area contributed by atoms with E-state index in [1.54, 1.807) is 11.1 Å². The quantitative estimate of drug-likeness (QED) is 0.545. The second-order valence-electron chi connectivity index (χ2n) is 7.65. The van der Waals surface area contributed by atoms with Crippen molar-refractivity contribution >= 4 is 0 Å². The average Bonchev–Trinajstić information content (AvgIpc) is 2.44. The van der Waals surface area contributed by atoms with Crippen molar-refractivity contribution in [3.63, 3.8) is 0 Å². The van der Waals surface area contributed by atoms with Crippen LogP contribution >= 0.6 is 0 Å². The fraction of sp³-hybridized carbons (Fsp3) is 0.789. The third-order valence-electron chi connectivity index (χ3n) is 5.21. The number of allylic oxidation sites excluding steroid dienone is 4. The first-order valence-corrected chi connectivity index (χ1v) is 8.40. The summed E-state index contributed by atoms with van der Waals surface area (Å²) in [5.74, 6) is 1.63. The van der Waals surface area contributed by atoms with Gasteiger partial charge in [0, 0.05) is 0 Å². The Balaban J connectivity index is 2.03. The molecular weight excluding hydrogens is 228 g/mol. The van der Waals surface area contributed by atoms with Crippen LogP contribution in [0.15, 0.2) is 23.3 Å². The molecule has 0 aromatic heterocycles. The molecule has 2 aliphatic carbocycles. The van der Waals surface area contributed by atoms with Crippen molar-refractivity contribution < 1.29 is 0 Å². The van der Waals surface area contributed by atoms with Crippen molar-refractivity contribution in [1.82, 2.24) is 0 Å². The molecule has 0 N–H and O–H groups in total. The smallest absolute Gasteiger partial charge is 0.0260 e. The van der Waals surface area contributed by atoms with Crippen LogP contribution in [0.1, 0.15) is 79.1 Å². The van der Waals surface area contributed by atoms with Gasteiger partial charge in [0.05, 0.1) is 0 Å². The van der Waals surface area contributed by atoms with E-state index in [-0.39, 0.29) is 0 Å². The van der Waals surface area contributed by atoms with E-state index in [2.05, 4.69) is 39.8 Å². The van der Waals surface area contributed by atoms with Crippen molar-refractivity contribution in [2.75, 3.05) is 0 Å². The first kappa shape index (κ1) is 14.9. The number of hydrogen-bond donors (Lipinski definition) is 0. The lowest BCUT2D eigenvalue weighted by Gasteiger charge is -2.42. The summed E-state index contributed by atoms with van der Waals surface area (Å²) >= 11 is 0. The van der Waals surface area contributed by atoms with Gasteiger partial charge in [-0.1, -0.05) is 63.8 Å². The van der Waals surface area contributed by atoms with Crippen LogP contribution in [0.2, 0.25) is 0 Å². The zero-order valence-corrected chi connectivity index (χ0v) is 13.5. The van der Waals surface area contributed by atoms with Gasteiger partial charge < -0.3 is 0 Å². The molecule has 0 nitrogen and oxygen atoms in total. The van der Waals surface area contributed by atoms with E-state index >= 15 is 0 Å². The summed E-state index contributed by atoms with van der Waals surface area (Å²) in [7, 11) is 0. The Morgan fingerprint density at radius 1 is 1.16 bits per heavy atom. The Labute approximate surface area is 120 Å². The fourth-order valence-electron chi connectivity index (χ4n) is 3.96. The molecule has 0 heterocycles. The summed E-state index contributed by atoms with van der Waals surface area (Å²) in [5.41, 5.74) is 4.09. The van der Waals surface area contributed by atoms with Crippen LogP contribution in [0.5, 0.6) is 0 Å². The molecule has 0 aliphatic heterocycles. The normalized spacial score (nSPS) is 26.5. The zero-order valence-electron chi connectivity index (χ0n) is 13.5. The minimum atomic E-state index is 0.682. The Hall–Kier alpha value is -0.520. The van der Waals surface area contributed by atoms with Gasteiger partial charge in [-0.2, -0.15) is 0 Å². The van der Waals surface area contributed by atoms with E-state index in [1.807, 2.05) is 0 Å². The Kier molecular flexibility index (Phi) is 4.92. The summed E-state index contributed by atoms with van der Waals surface area (Å²) < 4.78 is 0. The molecule has 2 aliphatic rings. The van der Waals surface area contributed by atoms with Gasteiger partial charge in [-0.15, -0.1) is 0 Å². The summed E-state index contributed by atoms with van der Waals surface area (Å²) in [5, 5.41) is 0. The molecule has 0 amide bonds. The molecule has 1 atom stereocenters. The molecule has 0 spiro atoms. The van der Waals surface area contributed by atoms with Crippen molar-refractivity contribution in [1.29, 1.82) is 0 Å². The molecule has 0 heteroatoms. The van der Waals surface area contributed by atoms with Gasteiger partial charge in [0.2, 0.25) is 0 Å². The number of rotatable bonds is 5.